The van der Waals surface area contributed by atoms with Crippen molar-refractivity contribution in [1.29, 1.82) is 0 Å². The average molecular weight is 320 g/mol. The second-order valence-corrected chi connectivity index (χ2v) is 5.14. The van der Waals surface area contributed by atoms with Gasteiger partial charge in [-0.25, -0.2) is 9.37 Å². The SMILES string of the molecule is Fc1ccc2[nH]nc(Nc3ccnc(Nc4ccccc4)n3)c2c1. The third kappa shape index (κ3) is 2.87. The van der Waals surface area contributed by atoms with Gasteiger partial charge in [-0.05, 0) is 36.4 Å². The lowest BCUT2D eigenvalue weighted by atomic mass is 10.2. The van der Waals surface area contributed by atoms with Crippen molar-refractivity contribution < 1.29 is 4.39 Å². The van der Waals surface area contributed by atoms with E-state index in [9.17, 15) is 4.39 Å². The lowest BCUT2D eigenvalue weighted by Crippen LogP contribution is -2.00. The quantitative estimate of drug-likeness (QED) is 0.530. The lowest BCUT2D eigenvalue weighted by Gasteiger charge is -2.07. The van der Waals surface area contributed by atoms with Gasteiger partial charge in [-0.1, -0.05) is 18.2 Å². The van der Waals surface area contributed by atoms with Crippen LogP contribution in [0.25, 0.3) is 10.9 Å². The Morgan fingerprint density at radius 2 is 1.83 bits per heavy atom. The van der Waals surface area contributed by atoms with Gasteiger partial charge in [-0.15, -0.1) is 0 Å². The van der Waals surface area contributed by atoms with E-state index in [2.05, 4.69) is 30.8 Å². The van der Waals surface area contributed by atoms with Crippen LogP contribution in [0.3, 0.4) is 0 Å². The van der Waals surface area contributed by atoms with Gasteiger partial charge < -0.3 is 10.6 Å². The Labute approximate surface area is 136 Å². The van der Waals surface area contributed by atoms with Gasteiger partial charge in [-0.2, -0.15) is 10.1 Å². The van der Waals surface area contributed by atoms with Crippen LogP contribution in [0.15, 0.2) is 60.8 Å². The highest BCUT2D eigenvalue weighted by Crippen LogP contribution is 2.24. The van der Waals surface area contributed by atoms with E-state index in [0.29, 0.717) is 23.0 Å². The Morgan fingerprint density at radius 3 is 2.71 bits per heavy atom. The van der Waals surface area contributed by atoms with Gasteiger partial charge in [0.15, 0.2) is 5.82 Å². The molecular formula is C17H13FN6. The maximum Gasteiger partial charge on any atom is 0.229 e. The number of fused-ring (bicyclic) bond motifs is 1. The molecule has 4 rings (SSSR count). The summed E-state index contributed by atoms with van der Waals surface area (Å²) < 4.78 is 13.4. The zero-order valence-electron chi connectivity index (χ0n) is 12.5. The maximum absolute atomic E-state index is 13.4. The fourth-order valence-corrected chi connectivity index (χ4v) is 2.34. The zero-order valence-corrected chi connectivity index (χ0v) is 12.5. The number of para-hydroxylation sites is 1. The van der Waals surface area contributed by atoms with Crippen LogP contribution >= 0.6 is 0 Å². The monoisotopic (exact) mass is 320 g/mol. The van der Waals surface area contributed by atoms with Crippen molar-refractivity contribution >= 4 is 34.2 Å². The van der Waals surface area contributed by atoms with Gasteiger partial charge in [0.2, 0.25) is 5.95 Å². The maximum atomic E-state index is 13.4. The predicted octanol–water partition coefficient (Wildman–Crippen LogP) is 3.98. The number of hydrogen-bond donors (Lipinski definition) is 3. The number of aromatic nitrogens is 4. The molecule has 0 spiro atoms. The summed E-state index contributed by atoms with van der Waals surface area (Å²) in [4.78, 5) is 8.58. The summed E-state index contributed by atoms with van der Waals surface area (Å²) in [6.45, 7) is 0. The highest BCUT2D eigenvalue weighted by Gasteiger charge is 2.08. The first-order chi connectivity index (χ1) is 11.8. The standard InChI is InChI=1S/C17H13FN6/c18-11-6-7-14-13(10-11)16(24-23-14)21-15-8-9-19-17(22-15)20-12-4-2-1-3-5-12/h1-10H,(H3,19,20,21,22,23,24). The molecule has 0 aliphatic heterocycles. The van der Waals surface area contributed by atoms with Crippen molar-refractivity contribution in [3.05, 3.63) is 66.6 Å². The summed E-state index contributed by atoms with van der Waals surface area (Å²) in [7, 11) is 0. The fourth-order valence-electron chi connectivity index (χ4n) is 2.34. The first-order valence-corrected chi connectivity index (χ1v) is 7.34. The number of H-pyrrole nitrogens is 1. The van der Waals surface area contributed by atoms with E-state index in [1.165, 1.54) is 12.1 Å². The summed E-state index contributed by atoms with van der Waals surface area (Å²) in [6, 6.07) is 15.8. The Balaban J connectivity index is 1.60. The van der Waals surface area contributed by atoms with Gasteiger partial charge >= 0.3 is 0 Å². The van der Waals surface area contributed by atoms with E-state index in [-0.39, 0.29) is 5.82 Å². The summed E-state index contributed by atoms with van der Waals surface area (Å²) >= 11 is 0. The lowest BCUT2D eigenvalue weighted by molar-refractivity contribution is 0.630. The molecule has 0 amide bonds. The minimum Gasteiger partial charge on any atom is -0.324 e. The van der Waals surface area contributed by atoms with E-state index in [1.54, 1.807) is 18.3 Å². The third-order valence-corrected chi connectivity index (χ3v) is 3.46. The normalized spacial score (nSPS) is 10.7. The Kier molecular flexibility index (Phi) is 3.51. The zero-order chi connectivity index (χ0) is 16.4. The van der Waals surface area contributed by atoms with E-state index in [0.717, 1.165) is 11.2 Å². The number of nitrogens with zero attached hydrogens (tertiary/aromatic N) is 3. The summed E-state index contributed by atoms with van der Waals surface area (Å²) in [5, 5.41) is 13.9. The van der Waals surface area contributed by atoms with Crippen LogP contribution in [0.5, 0.6) is 0 Å². The summed E-state index contributed by atoms with van der Waals surface area (Å²) in [6.07, 6.45) is 1.63. The summed E-state index contributed by atoms with van der Waals surface area (Å²) in [5.74, 6) is 1.20. The predicted molar refractivity (Wildman–Crippen MR) is 91.1 cm³/mol. The molecule has 0 aliphatic carbocycles. The van der Waals surface area contributed by atoms with Crippen molar-refractivity contribution in [2.45, 2.75) is 0 Å². The molecule has 0 saturated heterocycles. The van der Waals surface area contributed by atoms with Crippen LogP contribution in [0.1, 0.15) is 0 Å². The second-order valence-electron chi connectivity index (χ2n) is 5.14. The van der Waals surface area contributed by atoms with Crippen LogP contribution in [0.2, 0.25) is 0 Å². The molecule has 6 nitrogen and oxygen atoms in total. The molecule has 24 heavy (non-hydrogen) atoms. The van der Waals surface area contributed by atoms with Crippen LogP contribution in [0.4, 0.5) is 27.7 Å². The van der Waals surface area contributed by atoms with E-state index < -0.39 is 0 Å². The first kappa shape index (κ1) is 14.1. The second kappa shape index (κ2) is 5.96. The van der Waals surface area contributed by atoms with Gasteiger partial charge in [0.05, 0.1) is 5.52 Å². The minimum atomic E-state index is -0.318. The molecule has 3 N–H and O–H groups in total. The minimum absolute atomic E-state index is 0.318. The number of rotatable bonds is 4. The molecule has 0 unspecified atom stereocenters. The van der Waals surface area contributed by atoms with Crippen molar-refractivity contribution in [2.24, 2.45) is 0 Å². The Bertz CT molecular complexity index is 983. The summed E-state index contributed by atoms with van der Waals surface area (Å²) in [5.41, 5.74) is 1.64. The largest absolute Gasteiger partial charge is 0.324 e. The molecule has 2 aromatic carbocycles. The van der Waals surface area contributed by atoms with Crippen LogP contribution < -0.4 is 10.6 Å². The third-order valence-electron chi connectivity index (χ3n) is 3.46. The molecule has 0 radical (unpaired) electrons. The molecule has 0 bridgehead atoms. The van der Waals surface area contributed by atoms with Crippen LogP contribution in [-0.4, -0.2) is 20.2 Å². The van der Waals surface area contributed by atoms with Crippen molar-refractivity contribution in [1.82, 2.24) is 20.2 Å². The molecule has 0 fully saturated rings. The van der Waals surface area contributed by atoms with Crippen molar-refractivity contribution in [3.8, 4) is 0 Å². The fraction of sp³-hybridized carbons (Fsp3) is 0. The number of anilines is 4. The Hall–Kier alpha value is -3.48. The molecule has 2 heterocycles. The number of aromatic amines is 1. The number of nitrogens with one attached hydrogen (secondary N) is 3. The number of hydrogen-bond acceptors (Lipinski definition) is 5. The average Bonchev–Trinajstić information content (AvgIpc) is 2.98. The molecule has 118 valence electrons. The van der Waals surface area contributed by atoms with Gasteiger partial charge in [0.1, 0.15) is 11.6 Å². The van der Waals surface area contributed by atoms with Gasteiger partial charge in [0, 0.05) is 17.3 Å². The molecule has 4 aromatic rings. The van der Waals surface area contributed by atoms with Gasteiger partial charge in [-0.3, -0.25) is 5.10 Å². The van der Waals surface area contributed by atoms with E-state index >= 15 is 0 Å². The van der Waals surface area contributed by atoms with Crippen molar-refractivity contribution in [2.75, 3.05) is 10.6 Å². The molecule has 2 aromatic heterocycles. The molecule has 7 heteroatoms. The number of benzene rings is 2. The van der Waals surface area contributed by atoms with Crippen LogP contribution in [0, 0.1) is 5.82 Å². The van der Waals surface area contributed by atoms with Crippen molar-refractivity contribution in [3.63, 3.8) is 0 Å². The molecule has 0 saturated carbocycles. The smallest absolute Gasteiger partial charge is 0.229 e. The van der Waals surface area contributed by atoms with Crippen LogP contribution in [-0.2, 0) is 0 Å². The molecular weight excluding hydrogens is 307 g/mol. The van der Waals surface area contributed by atoms with Gasteiger partial charge in [0.25, 0.3) is 0 Å². The van der Waals surface area contributed by atoms with E-state index in [1.807, 2.05) is 30.3 Å². The number of halogens is 1. The Morgan fingerprint density at radius 1 is 0.958 bits per heavy atom. The van der Waals surface area contributed by atoms with E-state index in [4.69, 9.17) is 0 Å². The molecule has 0 aliphatic rings. The highest BCUT2D eigenvalue weighted by atomic mass is 19.1. The first-order valence-electron chi connectivity index (χ1n) is 7.34. The molecule has 0 atom stereocenters. The highest BCUT2D eigenvalue weighted by molar-refractivity contribution is 5.91. The topological polar surface area (TPSA) is 78.5 Å².